The molecule has 38 heavy (non-hydrogen) atoms. The van der Waals surface area contributed by atoms with Gasteiger partial charge < -0.3 is 15.1 Å². The molecule has 3 aromatic rings. The number of tetrazole rings is 1. The Kier molecular flexibility index (Phi) is 6.32. The van der Waals surface area contributed by atoms with Crippen molar-refractivity contribution in [1.82, 2.24) is 35.7 Å². The number of fused-ring (bicyclic) bond motifs is 3. The molecular weight excluding hydrogens is 520 g/mol. The van der Waals surface area contributed by atoms with Crippen LogP contribution in [-0.4, -0.2) is 81.0 Å². The lowest BCUT2D eigenvalue weighted by molar-refractivity contribution is -0.131. The first-order valence-electron chi connectivity index (χ1n) is 12.9. The Balaban J connectivity index is 1.34. The smallest absolute Gasteiger partial charge is 0.263 e. The molecule has 2 aliphatic carbocycles. The van der Waals surface area contributed by atoms with Gasteiger partial charge in [0.1, 0.15) is 6.04 Å². The van der Waals surface area contributed by atoms with Gasteiger partial charge in [0.2, 0.25) is 5.91 Å². The number of thiophene rings is 2. The highest BCUT2D eigenvalue weighted by Crippen LogP contribution is 2.51. The van der Waals surface area contributed by atoms with E-state index in [0.29, 0.717) is 23.0 Å². The number of nitrogens with one attached hydrogen (secondary N) is 2. The van der Waals surface area contributed by atoms with E-state index >= 15 is 0 Å². The Morgan fingerprint density at radius 3 is 2.95 bits per heavy atom. The molecule has 4 heterocycles. The van der Waals surface area contributed by atoms with Crippen molar-refractivity contribution in [2.45, 2.75) is 62.6 Å². The van der Waals surface area contributed by atoms with Crippen LogP contribution in [0, 0.1) is 17.2 Å². The van der Waals surface area contributed by atoms with Crippen LogP contribution in [0.3, 0.4) is 0 Å². The fraction of sp³-hybridized carbons (Fsp3) is 0.538. The van der Waals surface area contributed by atoms with Crippen molar-refractivity contribution in [1.29, 1.82) is 5.26 Å². The summed E-state index contributed by atoms with van der Waals surface area (Å²) >= 11 is 3.23. The second kappa shape index (κ2) is 9.55. The second-order valence-corrected chi connectivity index (χ2v) is 12.8. The van der Waals surface area contributed by atoms with Gasteiger partial charge in [-0.05, 0) is 73.6 Å². The van der Waals surface area contributed by atoms with Crippen LogP contribution in [0.4, 0.5) is 0 Å². The fourth-order valence-corrected chi connectivity index (χ4v) is 8.66. The normalized spacial score (nSPS) is 26.1. The van der Waals surface area contributed by atoms with Crippen LogP contribution in [-0.2, 0) is 23.1 Å². The molecular formula is C26H30N8O2S2. The molecule has 1 aliphatic heterocycles. The first-order valence-corrected chi connectivity index (χ1v) is 14.6. The minimum Gasteiger partial charge on any atom is -0.344 e. The van der Waals surface area contributed by atoms with Crippen molar-refractivity contribution < 1.29 is 9.59 Å². The van der Waals surface area contributed by atoms with Crippen LogP contribution >= 0.6 is 22.7 Å². The van der Waals surface area contributed by atoms with Crippen LogP contribution in [0.2, 0.25) is 0 Å². The van der Waals surface area contributed by atoms with E-state index in [4.69, 9.17) is 0 Å². The van der Waals surface area contributed by atoms with Crippen molar-refractivity contribution in [3.63, 3.8) is 0 Å². The van der Waals surface area contributed by atoms with E-state index in [-0.39, 0.29) is 36.5 Å². The van der Waals surface area contributed by atoms with Gasteiger partial charge in [0, 0.05) is 35.9 Å². The number of aromatic amines is 1. The highest BCUT2D eigenvalue weighted by molar-refractivity contribution is 7.14. The molecule has 1 unspecified atom stereocenters. The zero-order chi connectivity index (χ0) is 26.6. The number of H-pyrrole nitrogens is 1. The number of aromatic nitrogens is 4. The summed E-state index contributed by atoms with van der Waals surface area (Å²) in [6.07, 6.45) is 4.09. The maximum Gasteiger partial charge on any atom is 0.263 e. The van der Waals surface area contributed by atoms with Crippen LogP contribution in [0.5, 0.6) is 0 Å². The number of amides is 2. The molecule has 198 valence electrons. The van der Waals surface area contributed by atoms with Crippen molar-refractivity contribution in [2.24, 2.45) is 5.92 Å². The van der Waals surface area contributed by atoms with Gasteiger partial charge in [-0.2, -0.15) is 10.5 Å². The summed E-state index contributed by atoms with van der Waals surface area (Å²) in [5, 5.41) is 30.6. The minimum atomic E-state index is -0.719. The van der Waals surface area contributed by atoms with Gasteiger partial charge in [0.25, 0.3) is 5.91 Å². The van der Waals surface area contributed by atoms with Crippen LogP contribution in [0.1, 0.15) is 62.6 Å². The molecule has 6 rings (SSSR count). The maximum absolute atomic E-state index is 13.1. The van der Waals surface area contributed by atoms with Gasteiger partial charge in [0.15, 0.2) is 5.82 Å². The Morgan fingerprint density at radius 1 is 1.37 bits per heavy atom. The van der Waals surface area contributed by atoms with E-state index in [1.54, 1.807) is 35.2 Å². The molecule has 0 bridgehead atoms. The van der Waals surface area contributed by atoms with E-state index in [0.717, 1.165) is 41.7 Å². The van der Waals surface area contributed by atoms with Gasteiger partial charge in [0.05, 0.1) is 22.9 Å². The van der Waals surface area contributed by atoms with E-state index in [9.17, 15) is 14.9 Å². The van der Waals surface area contributed by atoms with Gasteiger partial charge in [-0.15, -0.1) is 32.9 Å². The molecule has 0 aromatic carbocycles. The number of carbonyl (C=O) groups is 2. The van der Waals surface area contributed by atoms with Crippen LogP contribution < -0.4 is 5.32 Å². The third kappa shape index (κ3) is 4.04. The Labute approximate surface area is 229 Å². The zero-order valence-electron chi connectivity index (χ0n) is 21.6. The van der Waals surface area contributed by atoms with Crippen molar-refractivity contribution in [3.8, 4) is 6.07 Å². The lowest BCUT2D eigenvalue weighted by atomic mass is 9.73. The topological polar surface area (TPSA) is 131 Å². The molecule has 10 nitrogen and oxygen atoms in total. The summed E-state index contributed by atoms with van der Waals surface area (Å²) in [6, 6.07) is 6.29. The predicted molar refractivity (Wildman–Crippen MR) is 143 cm³/mol. The number of nitrogens with zero attached hydrogens (tertiary/aromatic N) is 6. The van der Waals surface area contributed by atoms with Crippen molar-refractivity contribution >= 4 is 34.5 Å². The Morgan fingerprint density at radius 2 is 2.21 bits per heavy atom. The van der Waals surface area contributed by atoms with Gasteiger partial charge in [-0.25, -0.2) is 0 Å². The maximum atomic E-state index is 13.1. The van der Waals surface area contributed by atoms with Crippen molar-refractivity contribution in [3.05, 3.63) is 49.1 Å². The summed E-state index contributed by atoms with van der Waals surface area (Å²) in [5.41, 5.74) is 1.55. The number of piperidine rings is 1. The molecule has 2 fully saturated rings. The number of hydrogen-bond acceptors (Lipinski definition) is 9. The van der Waals surface area contributed by atoms with E-state index in [2.05, 4.69) is 50.4 Å². The lowest BCUT2D eigenvalue weighted by Gasteiger charge is -2.34. The van der Waals surface area contributed by atoms with E-state index < -0.39 is 5.41 Å². The van der Waals surface area contributed by atoms with Crippen LogP contribution in [0.15, 0.2) is 17.5 Å². The summed E-state index contributed by atoms with van der Waals surface area (Å²) in [6.45, 7) is 2.24. The second-order valence-electron chi connectivity index (χ2n) is 10.8. The third-order valence-electron chi connectivity index (χ3n) is 8.12. The number of likely N-dealkylation sites (tertiary alicyclic amines) is 1. The number of aryl methyl sites for hydroxylation is 2. The molecule has 1 saturated carbocycles. The first-order chi connectivity index (χ1) is 18.3. The average molecular weight is 551 g/mol. The van der Waals surface area contributed by atoms with Crippen LogP contribution in [0.25, 0.3) is 0 Å². The molecule has 2 amide bonds. The van der Waals surface area contributed by atoms with E-state index in [1.807, 2.05) is 6.07 Å². The Hall–Kier alpha value is -3.14. The minimum absolute atomic E-state index is 0.0187. The predicted octanol–water partition coefficient (Wildman–Crippen LogP) is 2.34. The molecule has 3 aliphatic rings. The number of carbonyl (C=O) groups excluding carboxylic acids is 2. The number of rotatable bonds is 7. The van der Waals surface area contributed by atoms with Crippen molar-refractivity contribution in [2.75, 3.05) is 20.6 Å². The average Bonchev–Trinajstić information content (AvgIpc) is 3.43. The monoisotopic (exact) mass is 550 g/mol. The first kappa shape index (κ1) is 25.2. The lowest BCUT2D eigenvalue weighted by Crippen LogP contribution is -2.46. The molecule has 0 radical (unpaired) electrons. The zero-order valence-corrected chi connectivity index (χ0v) is 23.2. The number of nitriles is 1. The molecule has 1 saturated heterocycles. The summed E-state index contributed by atoms with van der Waals surface area (Å²) in [5.74, 6) is 1.01. The van der Waals surface area contributed by atoms with Gasteiger partial charge in [-0.1, -0.05) is 5.21 Å². The standard InChI is InChI=1S/C26H30N8O2S2/c1-14(28-13-22(35)34-17(12-27)8-16-9-19(16)34)11-26(25-29-31-32-30-25)18-6-7-37-20(18)5-4-15-10-21(38-23(15)26)24(36)33(2)3/h6-7,10,14,16-17,19,28H,4-5,8-9,11,13H2,1-3H3,(H,29,30,31,32)/t14-,16-,17+,19+,26?/m1/s1. The van der Waals surface area contributed by atoms with Gasteiger partial charge in [-0.3, -0.25) is 9.59 Å². The molecule has 3 aromatic heterocycles. The largest absolute Gasteiger partial charge is 0.344 e. The highest BCUT2D eigenvalue weighted by atomic mass is 32.1. The highest BCUT2D eigenvalue weighted by Gasteiger charge is 2.54. The third-order valence-corrected chi connectivity index (χ3v) is 10.4. The summed E-state index contributed by atoms with van der Waals surface area (Å²) < 4.78 is 0. The number of hydrogen-bond donors (Lipinski definition) is 2. The van der Waals surface area contributed by atoms with E-state index in [1.165, 1.54) is 16.2 Å². The quantitative estimate of drug-likeness (QED) is 0.462. The molecule has 2 N–H and O–H groups in total. The molecule has 12 heteroatoms. The fourth-order valence-electron chi connectivity index (χ4n) is 6.26. The SMILES string of the molecule is C[C@H](CC1(c2nn[nH]n2)c2ccsc2CCc2cc(C(=O)N(C)C)sc21)NCC(=O)N1[C@H](C#N)C[C@@H]2C[C@@H]21. The summed E-state index contributed by atoms with van der Waals surface area (Å²) in [7, 11) is 3.53. The summed E-state index contributed by atoms with van der Waals surface area (Å²) in [4.78, 5) is 32.5. The van der Waals surface area contributed by atoms with Gasteiger partial charge >= 0.3 is 0 Å². The molecule has 0 spiro atoms. The Bertz CT molecular complexity index is 1410. The molecule has 5 atom stereocenters.